The number of carbonyl (C=O) groups is 1. The van der Waals surface area contributed by atoms with Crippen LogP contribution in [0.25, 0.3) is 0 Å². The third-order valence-corrected chi connectivity index (χ3v) is 2.74. The topological polar surface area (TPSA) is 86.2 Å². The van der Waals surface area contributed by atoms with Crippen LogP contribution in [0.5, 0.6) is 0 Å². The van der Waals surface area contributed by atoms with Gasteiger partial charge in [-0.05, 0) is 26.2 Å². The normalized spacial score (nSPS) is 25.9. The van der Waals surface area contributed by atoms with Gasteiger partial charge in [-0.25, -0.2) is 4.79 Å². The van der Waals surface area contributed by atoms with Crippen molar-refractivity contribution in [2.75, 3.05) is 0 Å². The lowest BCUT2D eigenvalue weighted by Gasteiger charge is -2.27. The molecule has 0 amide bonds. The summed E-state index contributed by atoms with van der Waals surface area (Å²) in [5, 5.41) is 25.7. The lowest BCUT2D eigenvalue weighted by molar-refractivity contribution is -0.161. The minimum absolute atomic E-state index is 0.260. The number of aromatic amines is 1. The van der Waals surface area contributed by atoms with E-state index < -0.39 is 11.6 Å². The van der Waals surface area contributed by atoms with Crippen LogP contribution in [0.4, 0.5) is 0 Å². The van der Waals surface area contributed by atoms with E-state index in [0.29, 0.717) is 23.4 Å². The van der Waals surface area contributed by atoms with E-state index in [0.717, 1.165) is 6.42 Å². The maximum Gasteiger partial charge on any atom is 0.340 e. The summed E-state index contributed by atoms with van der Waals surface area (Å²) in [4.78, 5) is 11.0. The molecule has 0 radical (unpaired) electrons. The standard InChI is InChI=1S/C9H12N2O3/c1-5-7-6(11-10-5)3-2-4-9(7,14)8(12)13/h14H,2-4H2,1H3,(H,10,11)(H,12,13). The first-order chi connectivity index (χ1) is 6.55. The number of carboxylic acids is 1. The number of nitrogens with zero attached hydrogens (tertiary/aromatic N) is 1. The van der Waals surface area contributed by atoms with Gasteiger partial charge in [0.2, 0.25) is 0 Å². The summed E-state index contributed by atoms with van der Waals surface area (Å²) in [5.74, 6) is -1.19. The average molecular weight is 196 g/mol. The van der Waals surface area contributed by atoms with E-state index in [9.17, 15) is 9.90 Å². The second kappa shape index (κ2) is 2.81. The van der Waals surface area contributed by atoms with Gasteiger partial charge >= 0.3 is 5.97 Å². The molecule has 1 aliphatic rings. The Morgan fingerprint density at radius 1 is 1.64 bits per heavy atom. The quantitative estimate of drug-likeness (QED) is 0.604. The highest BCUT2D eigenvalue weighted by Crippen LogP contribution is 2.36. The minimum atomic E-state index is -1.75. The summed E-state index contributed by atoms with van der Waals surface area (Å²) in [7, 11) is 0. The highest BCUT2D eigenvalue weighted by atomic mass is 16.4. The number of aromatic nitrogens is 2. The van der Waals surface area contributed by atoms with E-state index in [-0.39, 0.29) is 6.42 Å². The molecular weight excluding hydrogens is 184 g/mol. The van der Waals surface area contributed by atoms with Gasteiger partial charge in [0.25, 0.3) is 0 Å². The largest absolute Gasteiger partial charge is 0.479 e. The molecule has 5 heteroatoms. The van der Waals surface area contributed by atoms with Gasteiger partial charge in [-0.3, -0.25) is 5.10 Å². The van der Waals surface area contributed by atoms with Crippen LogP contribution in [0.15, 0.2) is 0 Å². The maximum absolute atomic E-state index is 11.0. The van der Waals surface area contributed by atoms with E-state index in [4.69, 9.17) is 5.11 Å². The van der Waals surface area contributed by atoms with E-state index in [2.05, 4.69) is 10.2 Å². The van der Waals surface area contributed by atoms with Gasteiger partial charge in [-0.1, -0.05) is 0 Å². The zero-order chi connectivity index (χ0) is 10.3. The highest BCUT2D eigenvalue weighted by molar-refractivity contribution is 5.80. The van der Waals surface area contributed by atoms with Crippen molar-refractivity contribution in [3.8, 4) is 0 Å². The van der Waals surface area contributed by atoms with Crippen molar-refractivity contribution in [2.24, 2.45) is 0 Å². The van der Waals surface area contributed by atoms with Crippen LogP contribution < -0.4 is 0 Å². The highest BCUT2D eigenvalue weighted by Gasteiger charge is 2.44. The smallest absolute Gasteiger partial charge is 0.340 e. The molecule has 0 aromatic carbocycles. The van der Waals surface area contributed by atoms with Gasteiger partial charge in [0, 0.05) is 11.3 Å². The number of rotatable bonds is 1. The Labute approximate surface area is 80.8 Å². The van der Waals surface area contributed by atoms with Crippen LogP contribution in [0, 0.1) is 6.92 Å². The number of nitrogens with one attached hydrogen (secondary N) is 1. The lowest BCUT2D eigenvalue weighted by Crippen LogP contribution is -2.39. The molecule has 0 saturated heterocycles. The summed E-state index contributed by atoms with van der Waals surface area (Å²) < 4.78 is 0. The van der Waals surface area contributed by atoms with Gasteiger partial charge in [-0.2, -0.15) is 5.10 Å². The molecule has 1 heterocycles. The SMILES string of the molecule is Cc1[nH]nc2c1C(O)(C(=O)O)CCC2. The number of aryl methyl sites for hydroxylation is 2. The molecule has 0 spiro atoms. The number of aliphatic carboxylic acids is 1. The van der Waals surface area contributed by atoms with Gasteiger partial charge in [0.1, 0.15) is 0 Å². The zero-order valence-electron chi connectivity index (χ0n) is 7.87. The van der Waals surface area contributed by atoms with E-state index >= 15 is 0 Å². The molecule has 0 fully saturated rings. The molecule has 2 rings (SSSR count). The van der Waals surface area contributed by atoms with Crippen molar-refractivity contribution in [2.45, 2.75) is 31.8 Å². The number of H-pyrrole nitrogens is 1. The molecule has 5 nitrogen and oxygen atoms in total. The predicted octanol–water partition coefficient (Wildman–Crippen LogP) is 0.327. The van der Waals surface area contributed by atoms with Gasteiger partial charge < -0.3 is 10.2 Å². The Balaban J connectivity index is 2.59. The second-order valence-corrected chi connectivity index (χ2v) is 3.69. The molecule has 1 aliphatic carbocycles. The van der Waals surface area contributed by atoms with Gasteiger partial charge in [-0.15, -0.1) is 0 Å². The van der Waals surface area contributed by atoms with Crippen molar-refractivity contribution in [1.29, 1.82) is 0 Å². The van der Waals surface area contributed by atoms with E-state index in [1.807, 2.05) is 0 Å². The van der Waals surface area contributed by atoms with Crippen LogP contribution in [-0.2, 0) is 16.8 Å². The minimum Gasteiger partial charge on any atom is -0.479 e. The molecule has 0 aliphatic heterocycles. The molecule has 3 N–H and O–H groups in total. The molecule has 1 aromatic heterocycles. The summed E-state index contributed by atoms with van der Waals surface area (Å²) in [6.45, 7) is 1.73. The van der Waals surface area contributed by atoms with Crippen LogP contribution in [-0.4, -0.2) is 26.4 Å². The van der Waals surface area contributed by atoms with Crippen molar-refractivity contribution in [1.82, 2.24) is 10.2 Å². The molecule has 0 bridgehead atoms. The first-order valence-corrected chi connectivity index (χ1v) is 4.56. The number of carboxylic acid groups (broad SMARTS) is 1. The summed E-state index contributed by atoms with van der Waals surface area (Å²) >= 11 is 0. The molecule has 1 aromatic rings. The zero-order valence-corrected chi connectivity index (χ0v) is 7.87. The molecule has 0 saturated carbocycles. The van der Waals surface area contributed by atoms with Crippen molar-refractivity contribution in [3.05, 3.63) is 17.0 Å². The fourth-order valence-corrected chi connectivity index (χ4v) is 2.06. The van der Waals surface area contributed by atoms with Crippen molar-refractivity contribution < 1.29 is 15.0 Å². The number of aliphatic hydroxyl groups is 1. The van der Waals surface area contributed by atoms with Crippen LogP contribution >= 0.6 is 0 Å². The molecule has 76 valence electrons. The Morgan fingerprint density at radius 2 is 2.36 bits per heavy atom. The second-order valence-electron chi connectivity index (χ2n) is 3.69. The third-order valence-electron chi connectivity index (χ3n) is 2.74. The first-order valence-electron chi connectivity index (χ1n) is 4.56. The Morgan fingerprint density at radius 3 is 3.00 bits per heavy atom. The van der Waals surface area contributed by atoms with Crippen LogP contribution in [0.1, 0.15) is 29.8 Å². The Bertz CT molecular complexity index is 385. The molecular formula is C9H12N2O3. The third kappa shape index (κ3) is 1.05. The summed E-state index contributed by atoms with van der Waals surface area (Å²) in [6, 6.07) is 0. The van der Waals surface area contributed by atoms with E-state index in [1.165, 1.54) is 0 Å². The van der Waals surface area contributed by atoms with Crippen LogP contribution in [0.3, 0.4) is 0 Å². The molecule has 1 unspecified atom stereocenters. The van der Waals surface area contributed by atoms with Gasteiger partial charge in [0.05, 0.1) is 5.69 Å². The Kier molecular flexibility index (Phi) is 1.85. The Hall–Kier alpha value is -1.36. The summed E-state index contributed by atoms with van der Waals surface area (Å²) in [5.41, 5.74) is 0.0319. The summed E-state index contributed by atoms with van der Waals surface area (Å²) in [6.07, 6.45) is 1.64. The fourth-order valence-electron chi connectivity index (χ4n) is 2.06. The van der Waals surface area contributed by atoms with Gasteiger partial charge in [0.15, 0.2) is 5.60 Å². The fraction of sp³-hybridized carbons (Fsp3) is 0.556. The average Bonchev–Trinajstić information content (AvgIpc) is 2.49. The maximum atomic E-state index is 11.0. The number of hydrogen-bond donors (Lipinski definition) is 3. The monoisotopic (exact) mass is 196 g/mol. The molecule has 14 heavy (non-hydrogen) atoms. The molecule has 1 atom stereocenters. The van der Waals surface area contributed by atoms with Crippen molar-refractivity contribution in [3.63, 3.8) is 0 Å². The first kappa shape index (κ1) is 9.21. The lowest BCUT2D eigenvalue weighted by atomic mass is 9.81. The number of hydrogen-bond acceptors (Lipinski definition) is 3. The number of fused-ring (bicyclic) bond motifs is 1. The van der Waals surface area contributed by atoms with Crippen molar-refractivity contribution >= 4 is 5.97 Å². The van der Waals surface area contributed by atoms with E-state index in [1.54, 1.807) is 6.92 Å². The van der Waals surface area contributed by atoms with Crippen LogP contribution in [0.2, 0.25) is 0 Å². The predicted molar refractivity (Wildman–Crippen MR) is 47.8 cm³/mol.